The van der Waals surface area contributed by atoms with Crippen LogP contribution in [0.1, 0.15) is 5.56 Å². The molecule has 2 N–H and O–H groups in total. The van der Waals surface area contributed by atoms with Gasteiger partial charge in [0.1, 0.15) is 27.0 Å². The standard InChI is InChI=1S/C35H23N3O6S4/c39-29(40)18-36-32(43)28(47-34(36)31-33(44)37(19-30(41)42)35(45)48-31)16-20-10-12-21(13-11-20)22-14-15-25-27(17-22)46-26-9-5-4-8-24(26)38(25)23-6-2-1-3-7-23/h1-17H,18-19H2,(H,39,40)(H,41,42)/b28-16-,34-31-. The summed E-state index contributed by atoms with van der Waals surface area (Å²) in [7, 11) is 0. The van der Waals surface area contributed by atoms with E-state index in [1.54, 1.807) is 17.8 Å². The molecule has 1 amide bonds. The minimum Gasteiger partial charge on any atom is -0.480 e. The van der Waals surface area contributed by atoms with Crippen molar-refractivity contribution < 1.29 is 24.6 Å². The van der Waals surface area contributed by atoms with Crippen molar-refractivity contribution in [3.05, 3.63) is 122 Å². The first-order chi connectivity index (χ1) is 23.2. The van der Waals surface area contributed by atoms with Crippen molar-refractivity contribution in [2.24, 2.45) is 0 Å². The first kappa shape index (κ1) is 31.6. The molecule has 0 unspecified atom stereocenters. The van der Waals surface area contributed by atoms with E-state index in [2.05, 4.69) is 47.4 Å². The lowest BCUT2D eigenvalue weighted by molar-refractivity contribution is -0.140. The van der Waals surface area contributed by atoms with Gasteiger partial charge in [-0.2, -0.15) is 0 Å². The number of hydrogen-bond donors (Lipinski definition) is 2. The van der Waals surface area contributed by atoms with Crippen LogP contribution in [0.15, 0.2) is 112 Å². The fourth-order valence-corrected chi connectivity index (χ4v) is 9.09. The summed E-state index contributed by atoms with van der Waals surface area (Å²) in [6.07, 6.45) is 1.65. The number of carbonyl (C=O) groups excluding carboxylic acids is 1. The molecule has 0 spiro atoms. The van der Waals surface area contributed by atoms with E-state index in [9.17, 15) is 29.4 Å². The maximum absolute atomic E-state index is 13.4. The highest BCUT2D eigenvalue weighted by atomic mass is 32.2. The lowest BCUT2D eigenvalue weighted by Gasteiger charge is -2.33. The lowest BCUT2D eigenvalue weighted by Crippen LogP contribution is -2.36. The van der Waals surface area contributed by atoms with Crippen LogP contribution >= 0.6 is 47.1 Å². The third kappa shape index (κ3) is 5.97. The second-order valence-electron chi connectivity index (χ2n) is 10.7. The number of thiazole rings is 1. The van der Waals surface area contributed by atoms with Gasteiger partial charge in [0.15, 0.2) is 0 Å². The number of carboxylic acids is 2. The summed E-state index contributed by atoms with van der Waals surface area (Å²) in [5.41, 5.74) is 5.44. The van der Waals surface area contributed by atoms with E-state index >= 15 is 0 Å². The molecule has 0 saturated carbocycles. The molecule has 1 saturated heterocycles. The van der Waals surface area contributed by atoms with Gasteiger partial charge in [0.05, 0.1) is 15.9 Å². The summed E-state index contributed by atoms with van der Waals surface area (Å²) in [4.78, 5) is 54.8. The number of hydrogen-bond acceptors (Lipinski definition) is 9. The van der Waals surface area contributed by atoms with Crippen molar-refractivity contribution in [3.63, 3.8) is 0 Å². The van der Waals surface area contributed by atoms with E-state index in [0.29, 0.717) is 5.56 Å². The van der Waals surface area contributed by atoms with Gasteiger partial charge in [-0.1, -0.05) is 96.4 Å². The number of amides is 1. The minimum atomic E-state index is -1.26. The fourth-order valence-electron chi connectivity index (χ4n) is 5.48. The van der Waals surface area contributed by atoms with Crippen LogP contribution in [-0.4, -0.2) is 48.4 Å². The van der Waals surface area contributed by atoms with E-state index in [1.165, 1.54) is 0 Å². The van der Waals surface area contributed by atoms with Crippen LogP contribution in [-0.2, 0) is 20.9 Å². The fraction of sp³-hybridized carbons (Fsp3) is 0.0571. The van der Waals surface area contributed by atoms with Gasteiger partial charge in [-0.05, 0) is 59.2 Å². The van der Waals surface area contributed by atoms with Gasteiger partial charge in [0.2, 0.25) is 0 Å². The number of carbonyl (C=O) groups is 3. The largest absolute Gasteiger partial charge is 0.480 e. The Kier molecular flexibility index (Phi) is 8.52. The van der Waals surface area contributed by atoms with Gasteiger partial charge in [-0.15, -0.1) is 11.3 Å². The molecular formula is C35H23N3O6S4. The monoisotopic (exact) mass is 709 g/mol. The second kappa shape index (κ2) is 12.9. The molecule has 13 heteroatoms. The highest BCUT2D eigenvalue weighted by Crippen LogP contribution is 2.52. The van der Waals surface area contributed by atoms with Crippen LogP contribution in [0, 0.1) is 0 Å². The van der Waals surface area contributed by atoms with Crippen LogP contribution in [0.5, 0.6) is 0 Å². The molecule has 0 atom stereocenters. The smallest absolute Gasteiger partial charge is 0.323 e. The number of benzene rings is 4. The quantitative estimate of drug-likeness (QED) is 0.206. The average molecular weight is 710 g/mol. The molecule has 2 aliphatic rings. The molecule has 1 fully saturated rings. The van der Waals surface area contributed by atoms with Crippen LogP contribution in [0.25, 0.3) is 22.1 Å². The molecule has 5 aromatic rings. The van der Waals surface area contributed by atoms with Crippen molar-refractivity contribution in [3.8, 4) is 11.1 Å². The summed E-state index contributed by atoms with van der Waals surface area (Å²) in [5, 5.41) is 18.7. The molecule has 0 aliphatic carbocycles. The second-order valence-corrected chi connectivity index (χ2v) is 14.5. The van der Waals surface area contributed by atoms with Crippen molar-refractivity contribution in [1.29, 1.82) is 0 Å². The van der Waals surface area contributed by atoms with E-state index < -0.39 is 36.5 Å². The Labute approximate surface area is 291 Å². The number of aromatic nitrogens is 1. The Morgan fingerprint density at radius 1 is 0.750 bits per heavy atom. The zero-order valence-electron chi connectivity index (χ0n) is 24.7. The number of rotatable bonds is 7. The van der Waals surface area contributed by atoms with Crippen LogP contribution < -0.4 is 19.7 Å². The number of anilines is 3. The molecule has 2 aliphatic heterocycles. The molecule has 0 bridgehead atoms. The summed E-state index contributed by atoms with van der Waals surface area (Å²) < 4.78 is 1.39. The lowest BCUT2D eigenvalue weighted by atomic mass is 10.0. The molecule has 7 rings (SSSR count). The zero-order valence-corrected chi connectivity index (χ0v) is 28.0. The van der Waals surface area contributed by atoms with Crippen LogP contribution in [0.2, 0.25) is 0 Å². The number of thiocarbonyl (C=S) groups is 1. The summed E-state index contributed by atoms with van der Waals surface area (Å²) in [5.74, 6) is -3.18. The maximum atomic E-state index is 13.4. The summed E-state index contributed by atoms with van der Waals surface area (Å²) >= 11 is 8.74. The van der Waals surface area contributed by atoms with Gasteiger partial charge < -0.3 is 15.1 Å². The first-order valence-corrected chi connectivity index (χ1v) is 17.3. The van der Waals surface area contributed by atoms with E-state index in [0.717, 1.165) is 70.5 Å². The minimum absolute atomic E-state index is 0.0262. The molecule has 3 heterocycles. The van der Waals surface area contributed by atoms with Crippen molar-refractivity contribution in [2.45, 2.75) is 16.3 Å². The maximum Gasteiger partial charge on any atom is 0.323 e. The molecule has 4 aromatic carbocycles. The number of carboxylic acid groups (broad SMARTS) is 2. The van der Waals surface area contributed by atoms with Crippen molar-refractivity contribution in [2.75, 3.05) is 11.4 Å². The molecular weight excluding hydrogens is 687 g/mol. The number of para-hydroxylation sites is 2. The number of aliphatic carboxylic acids is 2. The predicted octanol–water partition coefficient (Wildman–Crippen LogP) is 5.48. The van der Waals surface area contributed by atoms with Crippen LogP contribution in [0.3, 0.4) is 0 Å². The van der Waals surface area contributed by atoms with E-state index in [-0.39, 0.29) is 18.4 Å². The Morgan fingerprint density at radius 3 is 2.15 bits per heavy atom. The molecule has 1 aromatic heterocycles. The van der Waals surface area contributed by atoms with E-state index in [1.807, 2.05) is 54.6 Å². The SMILES string of the molecule is O=C(O)CN1C(=O)/C(=c2/s/c(=C\c3ccc(-c4ccc5c(c4)Sc4ccccc4N5c4ccccc4)cc3)c(=O)n2CC(=O)O)SC1=S. The van der Waals surface area contributed by atoms with Crippen LogP contribution in [0.4, 0.5) is 17.1 Å². The number of fused-ring (bicyclic) bond motifs is 2. The van der Waals surface area contributed by atoms with E-state index in [4.69, 9.17) is 12.2 Å². The summed E-state index contributed by atoms with van der Waals surface area (Å²) in [6.45, 7) is -1.29. The third-order valence-corrected chi connectivity index (χ3v) is 11.4. The Balaban J connectivity index is 1.23. The predicted molar refractivity (Wildman–Crippen MR) is 193 cm³/mol. The summed E-state index contributed by atoms with van der Waals surface area (Å²) in [6, 6.07) is 32.6. The van der Waals surface area contributed by atoms with Crippen molar-refractivity contribution >= 4 is 97.3 Å². The zero-order chi connectivity index (χ0) is 33.5. The molecule has 9 nitrogen and oxygen atoms in total. The Hall–Kier alpha value is -4.95. The third-order valence-electron chi connectivity index (χ3n) is 7.62. The van der Waals surface area contributed by atoms with Crippen molar-refractivity contribution in [1.82, 2.24) is 9.47 Å². The highest BCUT2D eigenvalue weighted by Gasteiger charge is 2.35. The topological polar surface area (TPSA) is 120 Å². The van der Waals surface area contributed by atoms with Gasteiger partial charge in [0, 0.05) is 15.5 Å². The Bertz CT molecular complexity index is 2330. The van der Waals surface area contributed by atoms with Gasteiger partial charge in [0.25, 0.3) is 11.5 Å². The van der Waals surface area contributed by atoms with Gasteiger partial charge >= 0.3 is 11.9 Å². The molecule has 238 valence electrons. The first-order valence-electron chi connectivity index (χ1n) is 14.5. The highest BCUT2D eigenvalue weighted by molar-refractivity contribution is 8.30. The Morgan fingerprint density at radius 2 is 1.42 bits per heavy atom. The van der Waals surface area contributed by atoms with Gasteiger partial charge in [-0.25, -0.2) is 0 Å². The molecule has 0 radical (unpaired) electrons. The normalized spacial score (nSPS) is 15.5. The molecule has 48 heavy (non-hydrogen) atoms. The number of nitrogens with zero attached hydrogens (tertiary/aromatic N) is 3. The number of thioether (sulfide) groups is 1. The average Bonchev–Trinajstić information content (AvgIpc) is 3.52. The van der Waals surface area contributed by atoms with Gasteiger partial charge in [-0.3, -0.25) is 28.6 Å².